The van der Waals surface area contributed by atoms with E-state index < -0.39 is 0 Å². The molecule has 2 heterocycles. The highest BCUT2D eigenvalue weighted by molar-refractivity contribution is 5.92. The summed E-state index contributed by atoms with van der Waals surface area (Å²) in [5.41, 5.74) is 6.77. The van der Waals surface area contributed by atoms with Gasteiger partial charge in [-0.1, -0.05) is 0 Å². The van der Waals surface area contributed by atoms with E-state index in [1.165, 1.54) is 19.5 Å². The summed E-state index contributed by atoms with van der Waals surface area (Å²) in [6, 6.07) is 5.72. The first-order valence-electron chi connectivity index (χ1n) is 7.50. The average Bonchev–Trinajstić information content (AvgIpc) is 2.66. The third-order valence-electron chi connectivity index (χ3n) is 3.67. The number of aliphatic imine (C=N–C) groups is 1. The predicted molar refractivity (Wildman–Crippen MR) is 83.2 cm³/mol. The van der Waals surface area contributed by atoms with Crippen molar-refractivity contribution < 1.29 is 9.47 Å². The number of nitrogens with one attached hydrogen (secondary N) is 1. The van der Waals surface area contributed by atoms with E-state index in [0.717, 1.165) is 36.7 Å². The van der Waals surface area contributed by atoms with Gasteiger partial charge >= 0.3 is 0 Å². The molecule has 6 nitrogen and oxygen atoms in total. The lowest BCUT2D eigenvalue weighted by molar-refractivity contribution is 0.187. The number of nitrogens with two attached hydrogens (primary N) is 1. The maximum atomic E-state index is 5.91. The first-order chi connectivity index (χ1) is 10.3. The van der Waals surface area contributed by atoms with Gasteiger partial charge in [-0.2, -0.15) is 0 Å². The highest BCUT2D eigenvalue weighted by Crippen LogP contribution is 2.32. The Labute approximate surface area is 124 Å². The Morgan fingerprint density at radius 2 is 2.00 bits per heavy atom. The molecular formula is C15H22N4O2. The van der Waals surface area contributed by atoms with E-state index in [9.17, 15) is 0 Å². The van der Waals surface area contributed by atoms with Crippen molar-refractivity contribution >= 4 is 11.6 Å². The molecule has 2 aliphatic rings. The normalized spacial score (nSPS) is 18.8. The number of anilines is 1. The van der Waals surface area contributed by atoms with Crippen molar-refractivity contribution in [2.45, 2.75) is 12.8 Å². The summed E-state index contributed by atoms with van der Waals surface area (Å²) >= 11 is 0. The number of hydrogen-bond donors (Lipinski definition) is 2. The topological polar surface area (TPSA) is 72.1 Å². The molecule has 0 amide bonds. The molecule has 1 aromatic carbocycles. The number of rotatable bonds is 4. The number of fused-ring (bicyclic) bond motifs is 1. The van der Waals surface area contributed by atoms with Crippen LogP contribution < -0.4 is 20.5 Å². The number of hydrogen-bond acceptors (Lipinski definition) is 4. The van der Waals surface area contributed by atoms with Crippen LogP contribution in [0.15, 0.2) is 23.2 Å². The Morgan fingerprint density at radius 1 is 1.19 bits per heavy atom. The van der Waals surface area contributed by atoms with Crippen LogP contribution in [0.1, 0.15) is 12.8 Å². The third kappa shape index (κ3) is 3.78. The zero-order valence-electron chi connectivity index (χ0n) is 12.2. The highest BCUT2D eigenvalue weighted by Gasteiger charge is 2.12. The van der Waals surface area contributed by atoms with Gasteiger partial charge in [0.05, 0.1) is 19.8 Å². The molecule has 0 bridgehead atoms. The molecule has 0 unspecified atom stereocenters. The Morgan fingerprint density at radius 3 is 2.76 bits per heavy atom. The summed E-state index contributed by atoms with van der Waals surface area (Å²) in [6.45, 7) is 5.44. The first-order valence-corrected chi connectivity index (χ1v) is 7.50. The molecular weight excluding hydrogens is 268 g/mol. The molecule has 0 aliphatic carbocycles. The predicted octanol–water partition coefficient (Wildman–Crippen LogP) is 1.28. The van der Waals surface area contributed by atoms with Gasteiger partial charge in [-0.05, 0) is 31.6 Å². The van der Waals surface area contributed by atoms with Gasteiger partial charge in [-0.15, -0.1) is 0 Å². The van der Waals surface area contributed by atoms with Gasteiger partial charge in [-0.25, -0.2) is 0 Å². The molecule has 1 fully saturated rings. The Balaban J connectivity index is 1.56. The lowest BCUT2D eigenvalue weighted by Gasteiger charge is -2.29. The monoisotopic (exact) mass is 290 g/mol. The van der Waals surface area contributed by atoms with E-state index in [-0.39, 0.29) is 0 Å². The van der Waals surface area contributed by atoms with E-state index in [1.807, 2.05) is 18.2 Å². The van der Waals surface area contributed by atoms with Crippen LogP contribution in [0.25, 0.3) is 0 Å². The number of nitrogens with zero attached hydrogens (tertiary/aromatic N) is 2. The summed E-state index contributed by atoms with van der Waals surface area (Å²) in [6.07, 6.45) is 2.20. The SMILES string of the molecule is NC(=NCCN1CCC1)Nc1ccc2c(c1)OCCCO2. The minimum Gasteiger partial charge on any atom is -0.490 e. The van der Waals surface area contributed by atoms with Crippen molar-refractivity contribution in [2.24, 2.45) is 10.7 Å². The van der Waals surface area contributed by atoms with Gasteiger partial charge in [0.25, 0.3) is 0 Å². The Kier molecular flexibility index (Phi) is 4.45. The van der Waals surface area contributed by atoms with Crippen LogP contribution in [-0.2, 0) is 0 Å². The molecule has 6 heteroatoms. The van der Waals surface area contributed by atoms with Crippen LogP contribution in [0.3, 0.4) is 0 Å². The van der Waals surface area contributed by atoms with E-state index in [4.69, 9.17) is 15.2 Å². The highest BCUT2D eigenvalue weighted by atomic mass is 16.5. The number of guanidine groups is 1. The van der Waals surface area contributed by atoms with Gasteiger partial charge in [-0.3, -0.25) is 4.99 Å². The molecule has 21 heavy (non-hydrogen) atoms. The summed E-state index contributed by atoms with van der Waals surface area (Å²) in [7, 11) is 0. The molecule has 3 N–H and O–H groups in total. The van der Waals surface area contributed by atoms with E-state index in [0.29, 0.717) is 19.2 Å². The van der Waals surface area contributed by atoms with Gasteiger partial charge in [0.15, 0.2) is 17.5 Å². The zero-order chi connectivity index (χ0) is 14.5. The quantitative estimate of drug-likeness (QED) is 0.645. The van der Waals surface area contributed by atoms with Crippen molar-refractivity contribution in [1.29, 1.82) is 0 Å². The summed E-state index contributed by atoms with van der Waals surface area (Å²) < 4.78 is 11.3. The average molecular weight is 290 g/mol. The molecule has 2 aliphatic heterocycles. The fraction of sp³-hybridized carbons (Fsp3) is 0.533. The first kappa shape index (κ1) is 14.0. The van der Waals surface area contributed by atoms with Crippen LogP contribution in [0.2, 0.25) is 0 Å². The summed E-state index contributed by atoms with van der Waals surface area (Å²) in [4.78, 5) is 6.71. The smallest absolute Gasteiger partial charge is 0.193 e. The molecule has 3 rings (SSSR count). The Hall–Kier alpha value is -1.95. The van der Waals surface area contributed by atoms with Crippen molar-refractivity contribution in [3.8, 4) is 11.5 Å². The van der Waals surface area contributed by atoms with Crippen molar-refractivity contribution in [1.82, 2.24) is 4.90 Å². The van der Waals surface area contributed by atoms with Crippen LogP contribution in [-0.4, -0.2) is 50.3 Å². The van der Waals surface area contributed by atoms with Gasteiger partial charge in [0.2, 0.25) is 0 Å². The Bertz CT molecular complexity index is 514. The number of ether oxygens (including phenoxy) is 2. The van der Waals surface area contributed by atoms with Gasteiger partial charge in [0, 0.05) is 24.7 Å². The molecule has 0 atom stereocenters. The van der Waals surface area contributed by atoms with E-state index >= 15 is 0 Å². The van der Waals surface area contributed by atoms with E-state index in [1.54, 1.807) is 0 Å². The minimum absolute atomic E-state index is 0.435. The van der Waals surface area contributed by atoms with Gasteiger partial charge < -0.3 is 25.4 Å². The standard InChI is InChI=1S/C15H22N4O2/c16-15(17-5-8-19-6-1-7-19)18-12-3-4-13-14(11-12)21-10-2-9-20-13/h3-4,11H,1-2,5-10H2,(H3,16,17,18). The van der Waals surface area contributed by atoms with Gasteiger partial charge in [0.1, 0.15) is 0 Å². The number of benzene rings is 1. The fourth-order valence-corrected chi connectivity index (χ4v) is 2.35. The minimum atomic E-state index is 0.435. The lowest BCUT2D eigenvalue weighted by atomic mass is 10.2. The van der Waals surface area contributed by atoms with Crippen LogP contribution in [0, 0.1) is 0 Å². The van der Waals surface area contributed by atoms with Crippen molar-refractivity contribution in [3.05, 3.63) is 18.2 Å². The van der Waals surface area contributed by atoms with Crippen molar-refractivity contribution in [2.75, 3.05) is 44.7 Å². The molecule has 0 saturated carbocycles. The molecule has 0 spiro atoms. The summed E-state index contributed by atoms with van der Waals surface area (Å²) in [5.74, 6) is 1.97. The second-order valence-corrected chi connectivity index (χ2v) is 5.30. The van der Waals surface area contributed by atoms with Crippen LogP contribution in [0.5, 0.6) is 11.5 Å². The fourth-order valence-electron chi connectivity index (χ4n) is 2.35. The zero-order valence-corrected chi connectivity index (χ0v) is 12.2. The largest absolute Gasteiger partial charge is 0.490 e. The second-order valence-electron chi connectivity index (χ2n) is 5.30. The molecule has 1 aromatic rings. The molecule has 1 saturated heterocycles. The molecule has 114 valence electrons. The number of likely N-dealkylation sites (tertiary alicyclic amines) is 1. The van der Waals surface area contributed by atoms with Crippen molar-refractivity contribution in [3.63, 3.8) is 0 Å². The summed E-state index contributed by atoms with van der Waals surface area (Å²) in [5, 5.41) is 3.10. The molecule has 0 aromatic heterocycles. The maximum Gasteiger partial charge on any atom is 0.193 e. The van der Waals surface area contributed by atoms with Crippen LogP contribution >= 0.6 is 0 Å². The third-order valence-corrected chi connectivity index (χ3v) is 3.67. The lowest BCUT2D eigenvalue weighted by Crippen LogP contribution is -2.39. The van der Waals surface area contributed by atoms with Crippen LogP contribution in [0.4, 0.5) is 5.69 Å². The van der Waals surface area contributed by atoms with E-state index in [2.05, 4.69) is 15.2 Å². The molecule has 0 radical (unpaired) electrons. The second kappa shape index (κ2) is 6.67. The maximum absolute atomic E-state index is 5.91.